The van der Waals surface area contributed by atoms with E-state index in [-0.39, 0.29) is 11.3 Å². The minimum Gasteiger partial charge on any atom is -0.493 e. The number of halogens is 3. The van der Waals surface area contributed by atoms with Gasteiger partial charge >= 0.3 is 16.8 Å². The molecule has 0 aromatic heterocycles. The van der Waals surface area contributed by atoms with E-state index in [1.54, 1.807) is 0 Å². The van der Waals surface area contributed by atoms with Crippen molar-refractivity contribution in [1.29, 1.82) is 0 Å². The molecule has 0 heterocycles. The average molecular weight is 270 g/mol. The van der Waals surface area contributed by atoms with E-state index < -0.39 is 28.3 Å². The predicted octanol–water partition coefficient (Wildman–Crippen LogP) is 2.10. The number of alkyl halides is 2. The van der Waals surface area contributed by atoms with Gasteiger partial charge in [0.1, 0.15) is 5.75 Å². The first kappa shape index (κ1) is 13.6. The summed E-state index contributed by atoms with van der Waals surface area (Å²) in [5.41, 5.74) is -0.229. The van der Waals surface area contributed by atoms with Gasteiger partial charge in [-0.2, -0.15) is 17.2 Å². The third kappa shape index (κ3) is 4.14. The van der Waals surface area contributed by atoms with Crippen LogP contribution >= 0.6 is 0 Å². The van der Waals surface area contributed by atoms with Crippen LogP contribution in [0.2, 0.25) is 0 Å². The van der Waals surface area contributed by atoms with Gasteiger partial charge in [-0.3, -0.25) is 0 Å². The zero-order valence-electron chi connectivity index (χ0n) is 8.69. The van der Waals surface area contributed by atoms with E-state index >= 15 is 0 Å². The number of methoxy groups -OCH3 is 1. The Morgan fingerprint density at radius 2 is 2.00 bits per heavy atom. The Bertz CT molecular complexity index is 487. The topological polar surface area (TPSA) is 52.6 Å². The molecule has 0 radical (unpaired) electrons. The van der Waals surface area contributed by atoms with Gasteiger partial charge in [0.05, 0.1) is 7.11 Å². The second kappa shape index (κ2) is 5.26. The lowest BCUT2D eigenvalue weighted by molar-refractivity contribution is -0.0517. The summed E-state index contributed by atoms with van der Waals surface area (Å²) in [4.78, 5) is 0. The zero-order valence-corrected chi connectivity index (χ0v) is 9.51. The Kier molecular flexibility index (Phi) is 4.22. The van der Waals surface area contributed by atoms with E-state index in [0.29, 0.717) is 0 Å². The van der Waals surface area contributed by atoms with Crippen LogP contribution in [-0.2, 0) is 16.0 Å². The third-order valence-corrected chi connectivity index (χ3v) is 2.47. The van der Waals surface area contributed by atoms with Crippen LogP contribution in [0.5, 0.6) is 11.5 Å². The third-order valence-electron chi connectivity index (χ3n) is 1.82. The first-order valence-electron chi connectivity index (χ1n) is 4.36. The van der Waals surface area contributed by atoms with Crippen LogP contribution in [0.25, 0.3) is 0 Å². The van der Waals surface area contributed by atoms with Crippen LogP contribution in [0.3, 0.4) is 0 Å². The fourth-order valence-corrected chi connectivity index (χ4v) is 1.84. The number of para-hydroxylation sites is 1. The highest BCUT2D eigenvalue weighted by molar-refractivity contribution is 7.85. The molecule has 0 aliphatic rings. The standard InChI is InChI=1S/C9H9F3O4S/c1-15-7-4-2-3-6(5-17(12,13)14)8(7)16-9(10)11/h2-4,9H,5H2,1H3. The minimum absolute atomic E-state index is 0.0912. The molecule has 1 rings (SSSR count). The lowest BCUT2D eigenvalue weighted by Gasteiger charge is -2.13. The van der Waals surface area contributed by atoms with Crippen LogP contribution in [0.15, 0.2) is 18.2 Å². The molecule has 0 spiro atoms. The smallest absolute Gasteiger partial charge is 0.387 e. The molecule has 0 fully saturated rings. The van der Waals surface area contributed by atoms with Crippen LogP contribution in [0, 0.1) is 0 Å². The minimum atomic E-state index is -4.84. The molecule has 0 bridgehead atoms. The number of ether oxygens (including phenoxy) is 2. The van der Waals surface area contributed by atoms with Crippen LogP contribution in [-0.4, -0.2) is 22.1 Å². The van der Waals surface area contributed by atoms with E-state index in [2.05, 4.69) is 4.74 Å². The molecule has 0 saturated carbocycles. The monoisotopic (exact) mass is 270 g/mol. The summed E-state index contributed by atoms with van der Waals surface area (Å²) in [6.07, 6.45) is 0. The summed E-state index contributed by atoms with van der Waals surface area (Å²) >= 11 is 0. The van der Waals surface area contributed by atoms with Gasteiger partial charge in [0.2, 0.25) is 0 Å². The van der Waals surface area contributed by atoms with Gasteiger partial charge in [0.25, 0.3) is 0 Å². The number of benzene rings is 1. The Hall–Kier alpha value is -1.44. The second-order valence-corrected chi connectivity index (χ2v) is 4.38. The highest BCUT2D eigenvalue weighted by Crippen LogP contribution is 2.33. The van der Waals surface area contributed by atoms with Crippen molar-refractivity contribution in [2.45, 2.75) is 12.4 Å². The fourth-order valence-electron chi connectivity index (χ4n) is 1.24. The van der Waals surface area contributed by atoms with Crippen molar-refractivity contribution in [3.63, 3.8) is 0 Å². The summed E-state index contributed by atoms with van der Waals surface area (Å²) < 4.78 is 66.6. The SMILES string of the molecule is COc1cccc(CS(=O)(=O)F)c1OC(F)F. The van der Waals surface area contributed by atoms with Crippen molar-refractivity contribution in [1.82, 2.24) is 0 Å². The summed E-state index contributed by atoms with van der Waals surface area (Å²) in [7, 11) is -3.65. The van der Waals surface area contributed by atoms with E-state index in [9.17, 15) is 21.1 Å². The van der Waals surface area contributed by atoms with Gasteiger partial charge in [0.15, 0.2) is 11.5 Å². The lowest BCUT2D eigenvalue weighted by Crippen LogP contribution is -2.07. The average Bonchev–Trinajstić information content (AvgIpc) is 2.17. The Morgan fingerprint density at radius 3 is 2.47 bits per heavy atom. The summed E-state index contributed by atoms with van der Waals surface area (Å²) in [6, 6.07) is 3.81. The molecule has 0 aliphatic carbocycles. The van der Waals surface area contributed by atoms with Gasteiger partial charge in [-0.15, -0.1) is 3.89 Å². The van der Waals surface area contributed by atoms with Crippen molar-refractivity contribution in [3.8, 4) is 11.5 Å². The van der Waals surface area contributed by atoms with E-state index in [0.717, 1.165) is 6.07 Å². The zero-order chi connectivity index (χ0) is 13.1. The molecule has 0 unspecified atom stereocenters. The van der Waals surface area contributed by atoms with Gasteiger partial charge in [-0.25, -0.2) is 0 Å². The Labute approximate surface area is 96.2 Å². The molecule has 1 aromatic carbocycles. The maximum Gasteiger partial charge on any atom is 0.387 e. The molecular formula is C9H9F3O4S. The molecule has 96 valence electrons. The Morgan fingerprint density at radius 1 is 1.35 bits per heavy atom. The highest BCUT2D eigenvalue weighted by Gasteiger charge is 2.19. The van der Waals surface area contributed by atoms with Crippen LogP contribution in [0.4, 0.5) is 12.7 Å². The number of rotatable bonds is 5. The van der Waals surface area contributed by atoms with Crippen molar-refractivity contribution in [2.75, 3.05) is 7.11 Å². The van der Waals surface area contributed by atoms with Crippen LogP contribution in [0.1, 0.15) is 5.56 Å². The largest absolute Gasteiger partial charge is 0.493 e. The maximum atomic E-state index is 12.5. The number of hydrogen-bond donors (Lipinski definition) is 0. The predicted molar refractivity (Wildman–Crippen MR) is 53.4 cm³/mol. The molecule has 0 amide bonds. The number of hydrogen-bond acceptors (Lipinski definition) is 4. The highest BCUT2D eigenvalue weighted by atomic mass is 32.3. The molecule has 8 heteroatoms. The van der Waals surface area contributed by atoms with Gasteiger partial charge in [0, 0.05) is 5.56 Å². The summed E-state index contributed by atoms with van der Waals surface area (Å²) in [5, 5.41) is 0. The molecule has 4 nitrogen and oxygen atoms in total. The van der Waals surface area contributed by atoms with E-state index in [4.69, 9.17) is 4.74 Å². The molecule has 17 heavy (non-hydrogen) atoms. The molecule has 1 aromatic rings. The fraction of sp³-hybridized carbons (Fsp3) is 0.333. The van der Waals surface area contributed by atoms with Crippen molar-refractivity contribution < 1.29 is 30.6 Å². The second-order valence-electron chi connectivity index (χ2n) is 3.01. The van der Waals surface area contributed by atoms with Crippen molar-refractivity contribution in [2.24, 2.45) is 0 Å². The normalized spacial score (nSPS) is 11.6. The lowest BCUT2D eigenvalue weighted by atomic mass is 10.2. The van der Waals surface area contributed by atoms with Gasteiger partial charge in [-0.1, -0.05) is 12.1 Å². The van der Waals surface area contributed by atoms with Gasteiger partial charge < -0.3 is 9.47 Å². The first-order valence-corrected chi connectivity index (χ1v) is 5.92. The molecule has 0 atom stereocenters. The van der Waals surface area contributed by atoms with Crippen molar-refractivity contribution >= 4 is 10.2 Å². The molecule has 0 N–H and O–H groups in total. The van der Waals surface area contributed by atoms with E-state index in [1.165, 1.54) is 19.2 Å². The Balaban J connectivity index is 3.19. The van der Waals surface area contributed by atoms with Crippen molar-refractivity contribution in [3.05, 3.63) is 23.8 Å². The molecule has 0 aliphatic heterocycles. The summed E-state index contributed by atoms with van der Waals surface area (Å²) in [5.74, 6) is -1.62. The first-order chi connectivity index (χ1) is 7.83. The quantitative estimate of drug-likeness (QED) is 0.769. The van der Waals surface area contributed by atoms with Crippen LogP contribution < -0.4 is 9.47 Å². The van der Waals surface area contributed by atoms with E-state index in [1.807, 2.05) is 0 Å². The molecular weight excluding hydrogens is 261 g/mol. The summed E-state index contributed by atoms with van der Waals surface area (Å²) in [6.45, 7) is -3.16. The van der Waals surface area contributed by atoms with Gasteiger partial charge in [-0.05, 0) is 6.07 Å². The maximum absolute atomic E-state index is 12.5. The molecule has 0 saturated heterocycles.